The predicted octanol–water partition coefficient (Wildman–Crippen LogP) is 4.56. The molecule has 32 heavy (non-hydrogen) atoms. The molecule has 3 nitrogen and oxygen atoms in total. The van der Waals surface area contributed by atoms with E-state index in [1.165, 1.54) is 24.3 Å². The van der Waals surface area contributed by atoms with Crippen molar-refractivity contribution in [2.75, 3.05) is 13.1 Å². The molecule has 2 aliphatic rings. The molecule has 3 atom stereocenters. The molecular weight excluding hydrogens is 427 g/mol. The van der Waals surface area contributed by atoms with Crippen LogP contribution in [0.5, 0.6) is 0 Å². The number of aryl methyl sites for hydroxylation is 1. The lowest BCUT2D eigenvalue weighted by Crippen LogP contribution is -2.49. The molecule has 1 unspecified atom stereocenters. The van der Waals surface area contributed by atoms with Crippen LogP contribution in [-0.4, -0.2) is 36.1 Å². The van der Waals surface area contributed by atoms with E-state index in [4.69, 9.17) is 5.73 Å². The number of carbonyl (C=O) groups is 1. The molecule has 0 spiro atoms. The maximum atomic E-state index is 14.6. The first kappa shape index (κ1) is 22.7. The van der Waals surface area contributed by atoms with Gasteiger partial charge in [0.2, 0.25) is 11.6 Å². The Morgan fingerprint density at radius 2 is 1.84 bits per heavy atom. The van der Waals surface area contributed by atoms with Gasteiger partial charge in [0.15, 0.2) is 0 Å². The molecule has 2 aromatic rings. The summed E-state index contributed by atoms with van der Waals surface area (Å²) in [5.41, 5.74) is 3.54. The second kappa shape index (κ2) is 7.83. The zero-order valence-corrected chi connectivity index (χ0v) is 17.7. The standard InChI is InChI=1S/C24H25F5N2O/c1-22(26,24(27,28)29)17-5-8-19-16(12-17)4-9-20-23(19,10-11-31(20)14-21(30)32)13-15-2-6-18(25)7-3-15/h2-3,5-8,12,20H,4,9-11,13-14H2,1H3,(H2,30,32)/t20-,22?,23-/m1/s1. The highest BCUT2D eigenvalue weighted by Crippen LogP contribution is 2.50. The fourth-order valence-electron chi connectivity index (χ4n) is 5.48. The fraction of sp³-hybridized carbons (Fsp3) is 0.458. The molecular formula is C24H25F5N2O. The van der Waals surface area contributed by atoms with Gasteiger partial charge in [-0.2, -0.15) is 13.2 Å². The van der Waals surface area contributed by atoms with Crippen molar-refractivity contribution in [1.29, 1.82) is 0 Å². The average molecular weight is 452 g/mol. The van der Waals surface area contributed by atoms with Crippen molar-refractivity contribution in [2.24, 2.45) is 5.73 Å². The van der Waals surface area contributed by atoms with Crippen LogP contribution in [0, 0.1) is 5.82 Å². The van der Waals surface area contributed by atoms with Crippen LogP contribution in [0.15, 0.2) is 42.5 Å². The lowest BCUT2D eigenvalue weighted by atomic mass is 9.63. The number of alkyl halides is 4. The number of nitrogens with two attached hydrogens (primary N) is 1. The molecule has 0 aromatic heterocycles. The van der Waals surface area contributed by atoms with Crippen LogP contribution in [0.1, 0.15) is 42.0 Å². The second-order valence-electron chi connectivity index (χ2n) is 9.07. The Hall–Kier alpha value is -2.48. The lowest BCUT2D eigenvalue weighted by molar-refractivity contribution is -0.228. The van der Waals surface area contributed by atoms with Crippen LogP contribution < -0.4 is 5.73 Å². The lowest BCUT2D eigenvalue weighted by Gasteiger charge is -2.44. The maximum Gasteiger partial charge on any atom is 0.426 e. The second-order valence-corrected chi connectivity index (χ2v) is 9.07. The van der Waals surface area contributed by atoms with E-state index in [-0.39, 0.29) is 18.4 Å². The van der Waals surface area contributed by atoms with Crippen molar-refractivity contribution in [1.82, 2.24) is 4.90 Å². The molecule has 1 saturated heterocycles. The van der Waals surface area contributed by atoms with Crippen molar-refractivity contribution in [2.45, 2.75) is 55.9 Å². The Balaban J connectivity index is 1.79. The number of fused-ring (bicyclic) bond motifs is 3. The van der Waals surface area contributed by atoms with Gasteiger partial charge in [-0.3, -0.25) is 9.69 Å². The third-order valence-corrected chi connectivity index (χ3v) is 7.12. The van der Waals surface area contributed by atoms with Gasteiger partial charge < -0.3 is 5.73 Å². The Morgan fingerprint density at radius 3 is 2.47 bits per heavy atom. The number of amides is 1. The Morgan fingerprint density at radius 1 is 1.16 bits per heavy atom. The summed E-state index contributed by atoms with van der Waals surface area (Å²) in [6.07, 6.45) is -2.73. The number of hydrogen-bond donors (Lipinski definition) is 1. The summed E-state index contributed by atoms with van der Waals surface area (Å²) in [6.45, 7) is 1.25. The van der Waals surface area contributed by atoms with Gasteiger partial charge in [-0.25, -0.2) is 8.78 Å². The van der Waals surface area contributed by atoms with Gasteiger partial charge in [0.05, 0.1) is 6.54 Å². The normalized spacial score (nSPS) is 25.1. The van der Waals surface area contributed by atoms with Gasteiger partial charge in [0, 0.05) is 11.5 Å². The van der Waals surface area contributed by atoms with E-state index in [1.807, 2.05) is 4.90 Å². The summed E-state index contributed by atoms with van der Waals surface area (Å²) in [6, 6.07) is 10.3. The van der Waals surface area contributed by atoms with Gasteiger partial charge in [-0.1, -0.05) is 30.3 Å². The number of benzene rings is 2. The molecule has 172 valence electrons. The zero-order chi connectivity index (χ0) is 23.3. The van der Waals surface area contributed by atoms with Crippen LogP contribution >= 0.6 is 0 Å². The SMILES string of the molecule is CC(F)(c1ccc2c(c1)CC[C@H]1N(CC(N)=O)CC[C@@]21Cc1ccc(F)cc1)C(F)(F)F. The number of nitrogens with zero attached hydrogens (tertiary/aromatic N) is 1. The van der Waals surface area contributed by atoms with Crippen LogP contribution in [0.4, 0.5) is 22.0 Å². The third kappa shape index (κ3) is 3.78. The molecule has 4 rings (SSSR count). The van der Waals surface area contributed by atoms with Crippen molar-refractivity contribution in [3.8, 4) is 0 Å². The molecule has 0 saturated carbocycles. The van der Waals surface area contributed by atoms with Gasteiger partial charge >= 0.3 is 6.18 Å². The van der Waals surface area contributed by atoms with Gasteiger partial charge in [0.1, 0.15) is 5.82 Å². The first-order valence-electron chi connectivity index (χ1n) is 10.6. The maximum absolute atomic E-state index is 14.6. The minimum Gasteiger partial charge on any atom is -0.369 e. The van der Waals surface area contributed by atoms with Gasteiger partial charge in [-0.15, -0.1) is 0 Å². The number of hydrogen-bond acceptors (Lipinski definition) is 2. The average Bonchev–Trinajstić information content (AvgIpc) is 3.06. The van der Waals surface area contributed by atoms with E-state index in [0.29, 0.717) is 44.7 Å². The number of primary amides is 1. The molecule has 1 amide bonds. The molecule has 2 aromatic carbocycles. The minimum atomic E-state index is -5.02. The number of carbonyl (C=O) groups excluding carboxylic acids is 1. The van der Waals surface area contributed by atoms with Crippen LogP contribution in [-0.2, 0) is 28.7 Å². The van der Waals surface area contributed by atoms with Gasteiger partial charge in [-0.05, 0) is 73.5 Å². The monoisotopic (exact) mass is 452 g/mol. The molecule has 0 radical (unpaired) electrons. The minimum absolute atomic E-state index is 0.0437. The smallest absolute Gasteiger partial charge is 0.369 e. The topological polar surface area (TPSA) is 46.3 Å². The largest absolute Gasteiger partial charge is 0.426 e. The molecule has 1 fully saturated rings. The Kier molecular flexibility index (Phi) is 5.56. The van der Waals surface area contributed by atoms with E-state index in [2.05, 4.69) is 0 Å². The summed E-state index contributed by atoms with van der Waals surface area (Å²) < 4.78 is 67.9. The first-order chi connectivity index (χ1) is 14.9. The van der Waals surface area contributed by atoms with Crippen LogP contribution in [0.2, 0.25) is 0 Å². The number of halogens is 5. The van der Waals surface area contributed by atoms with E-state index < -0.39 is 28.7 Å². The van der Waals surface area contributed by atoms with Crippen molar-refractivity contribution < 1.29 is 26.7 Å². The highest BCUT2D eigenvalue weighted by Gasteiger charge is 2.55. The molecule has 1 heterocycles. The van der Waals surface area contributed by atoms with E-state index in [0.717, 1.165) is 11.1 Å². The number of rotatable bonds is 5. The summed E-state index contributed by atoms with van der Waals surface area (Å²) in [4.78, 5) is 13.6. The Labute approximate surface area is 183 Å². The molecule has 1 aliphatic heterocycles. The summed E-state index contributed by atoms with van der Waals surface area (Å²) in [5.74, 6) is -0.797. The zero-order valence-electron chi connectivity index (χ0n) is 17.7. The first-order valence-corrected chi connectivity index (χ1v) is 10.6. The van der Waals surface area contributed by atoms with E-state index in [1.54, 1.807) is 18.2 Å². The van der Waals surface area contributed by atoms with Gasteiger partial charge in [0.25, 0.3) is 0 Å². The van der Waals surface area contributed by atoms with Crippen molar-refractivity contribution in [3.63, 3.8) is 0 Å². The number of likely N-dealkylation sites (tertiary alicyclic amines) is 1. The van der Waals surface area contributed by atoms with Crippen molar-refractivity contribution in [3.05, 3.63) is 70.5 Å². The molecule has 8 heteroatoms. The summed E-state index contributed by atoms with van der Waals surface area (Å²) in [5, 5.41) is 0. The highest BCUT2D eigenvalue weighted by molar-refractivity contribution is 5.76. The van der Waals surface area contributed by atoms with E-state index in [9.17, 15) is 26.7 Å². The third-order valence-electron chi connectivity index (χ3n) is 7.12. The molecule has 1 aliphatic carbocycles. The fourth-order valence-corrected chi connectivity index (χ4v) is 5.48. The molecule has 2 N–H and O–H groups in total. The predicted molar refractivity (Wildman–Crippen MR) is 110 cm³/mol. The van der Waals surface area contributed by atoms with Crippen LogP contribution in [0.25, 0.3) is 0 Å². The molecule has 0 bridgehead atoms. The summed E-state index contributed by atoms with van der Waals surface area (Å²) >= 11 is 0. The van der Waals surface area contributed by atoms with E-state index >= 15 is 0 Å². The van der Waals surface area contributed by atoms with Crippen LogP contribution in [0.3, 0.4) is 0 Å². The quantitative estimate of drug-likeness (QED) is 0.677. The highest BCUT2D eigenvalue weighted by atomic mass is 19.4. The Bertz CT molecular complexity index is 1020. The summed E-state index contributed by atoms with van der Waals surface area (Å²) in [7, 11) is 0. The van der Waals surface area contributed by atoms with Crippen molar-refractivity contribution >= 4 is 5.91 Å².